The fourth-order valence-corrected chi connectivity index (χ4v) is 4.11. The number of aromatic nitrogens is 1. The molecule has 166 valence electrons. The highest BCUT2D eigenvalue weighted by Crippen LogP contribution is 2.39. The Morgan fingerprint density at radius 3 is 2.53 bits per heavy atom. The van der Waals surface area contributed by atoms with Crippen LogP contribution in [0.4, 0.5) is 0 Å². The molecule has 1 amide bonds. The molecule has 3 aromatic rings. The summed E-state index contributed by atoms with van der Waals surface area (Å²) in [5.74, 6) is 0.726. The topological polar surface area (TPSA) is 54.8 Å². The molecule has 2 heterocycles. The minimum absolute atomic E-state index is 0.0520. The summed E-state index contributed by atoms with van der Waals surface area (Å²) < 4.78 is 5.65. The third-order valence-corrected chi connectivity index (χ3v) is 5.88. The normalized spacial score (nSPS) is 16.4. The molecule has 0 N–H and O–H groups in total. The molecule has 6 heteroatoms. The second-order valence-corrected chi connectivity index (χ2v) is 9.55. The number of hydrazone groups is 1. The molecule has 2 aromatic carbocycles. The first kappa shape index (κ1) is 22.3. The molecule has 0 fully saturated rings. The molecule has 0 bridgehead atoms. The molecule has 32 heavy (non-hydrogen) atoms. The maximum Gasteiger partial charge on any atom is 0.248 e. The Morgan fingerprint density at radius 2 is 1.88 bits per heavy atom. The zero-order valence-corrected chi connectivity index (χ0v) is 19.9. The van der Waals surface area contributed by atoms with Gasteiger partial charge in [-0.25, -0.2) is 9.99 Å². The number of amides is 1. The van der Waals surface area contributed by atoms with Crippen LogP contribution in [-0.4, -0.2) is 28.2 Å². The second kappa shape index (κ2) is 8.55. The van der Waals surface area contributed by atoms with Crippen molar-refractivity contribution in [2.45, 2.75) is 47.1 Å². The first-order valence-electron chi connectivity index (χ1n) is 10.9. The molecular weight excluding hydrogens is 422 g/mol. The van der Waals surface area contributed by atoms with Gasteiger partial charge in [0, 0.05) is 22.8 Å². The van der Waals surface area contributed by atoms with Crippen molar-refractivity contribution >= 4 is 34.1 Å². The summed E-state index contributed by atoms with van der Waals surface area (Å²) in [6.07, 6.45) is 0.572. The molecule has 5 nitrogen and oxygen atoms in total. The average molecular weight is 450 g/mol. The number of nitrogens with zero attached hydrogens (tertiary/aromatic N) is 3. The summed E-state index contributed by atoms with van der Waals surface area (Å²) in [6.45, 7) is 10.3. The maximum atomic E-state index is 13.3. The molecule has 0 saturated heterocycles. The molecule has 1 aliphatic rings. The number of pyridine rings is 1. The molecule has 0 radical (unpaired) electrons. The lowest BCUT2D eigenvalue weighted by Crippen LogP contribution is -2.36. The van der Waals surface area contributed by atoms with E-state index in [1.54, 1.807) is 5.01 Å². The van der Waals surface area contributed by atoms with Crippen LogP contribution in [-0.2, 0) is 4.79 Å². The van der Waals surface area contributed by atoms with Gasteiger partial charge in [-0.1, -0.05) is 62.2 Å². The average Bonchev–Trinajstić information content (AvgIpc) is 3.18. The van der Waals surface area contributed by atoms with Crippen molar-refractivity contribution in [3.8, 4) is 5.75 Å². The predicted octanol–water partition coefficient (Wildman–Crippen LogP) is 6.32. The first-order valence-corrected chi connectivity index (χ1v) is 11.3. The Bertz CT molecular complexity index is 1200. The second-order valence-electron chi connectivity index (χ2n) is 9.19. The molecule has 4 rings (SSSR count). The van der Waals surface area contributed by atoms with Crippen LogP contribution < -0.4 is 4.74 Å². The molecule has 0 aliphatic carbocycles. The van der Waals surface area contributed by atoms with Gasteiger partial charge in [0.2, 0.25) is 5.91 Å². The highest BCUT2D eigenvalue weighted by molar-refractivity contribution is 6.30. The Labute approximate surface area is 194 Å². The monoisotopic (exact) mass is 449 g/mol. The van der Waals surface area contributed by atoms with Gasteiger partial charge in [0.05, 0.1) is 23.9 Å². The molecule has 1 aromatic heterocycles. The number of rotatable bonds is 4. The van der Waals surface area contributed by atoms with Crippen LogP contribution in [0.2, 0.25) is 5.15 Å². The maximum absolute atomic E-state index is 13.3. The van der Waals surface area contributed by atoms with E-state index >= 15 is 0 Å². The van der Waals surface area contributed by atoms with Crippen molar-refractivity contribution < 1.29 is 9.53 Å². The Morgan fingerprint density at radius 1 is 1.16 bits per heavy atom. The van der Waals surface area contributed by atoms with E-state index in [-0.39, 0.29) is 11.9 Å². The lowest BCUT2D eigenvalue weighted by molar-refractivity contribution is -0.141. The van der Waals surface area contributed by atoms with Crippen LogP contribution in [0.1, 0.15) is 56.8 Å². The van der Waals surface area contributed by atoms with E-state index in [1.165, 1.54) is 5.56 Å². The van der Waals surface area contributed by atoms with Crippen LogP contribution in [0, 0.1) is 12.3 Å². The van der Waals surface area contributed by atoms with Crippen molar-refractivity contribution in [1.82, 2.24) is 9.99 Å². The van der Waals surface area contributed by atoms with E-state index in [1.807, 2.05) is 64.1 Å². The molecule has 1 aliphatic heterocycles. The summed E-state index contributed by atoms with van der Waals surface area (Å²) in [4.78, 5) is 17.9. The van der Waals surface area contributed by atoms with E-state index < -0.39 is 5.41 Å². The van der Waals surface area contributed by atoms with Crippen molar-refractivity contribution in [2.75, 3.05) is 6.61 Å². The van der Waals surface area contributed by atoms with Crippen LogP contribution in [0.5, 0.6) is 5.75 Å². The van der Waals surface area contributed by atoms with Gasteiger partial charge in [0.15, 0.2) is 0 Å². The number of benzene rings is 2. The van der Waals surface area contributed by atoms with E-state index in [2.05, 4.69) is 24.0 Å². The van der Waals surface area contributed by atoms with Gasteiger partial charge in [-0.05, 0) is 43.7 Å². The zero-order chi connectivity index (χ0) is 23.0. The number of hydrogen-bond acceptors (Lipinski definition) is 4. The molecule has 0 saturated carbocycles. The fourth-order valence-electron chi connectivity index (χ4n) is 3.84. The van der Waals surface area contributed by atoms with Crippen LogP contribution in [0.15, 0.2) is 53.6 Å². The minimum Gasteiger partial charge on any atom is -0.494 e. The summed E-state index contributed by atoms with van der Waals surface area (Å²) in [5, 5.41) is 7.67. The quantitative estimate of drug-likeness (QED) is 0.438. The van der Waals surface area contributed by atoms with Gasteiger partial charge in [0.1, 0.15) is 10.9 Å². The van der Waals surface area contributed by atoms with Gasteiger partial charge in [-0.2, -0.15) is 5.10 Å². The van der Waals surface area contributed by atoms with Crippen LogP contribution in [0.25, 0.3) is 10.9 Å². The van der Waals surface area contributed by atoms with E-state index in [0.29, 0.717) is 18.2 Å². The highest BCUT2D eigenvalue weighted by Gasteiger charge is 2.39. The summed E-state index contributed by atoms with van der Waals surface area (Å²) in [7, 11) is 0. The third-order valence-electron chi connectivity index (χ3n) is 5.58. The Hall–Kier alpha value is -2.92. The smallest absolute Gasteiger partial charge is 0.248 e. The number of aryl methyl sites for hydroxylation is 1. The Kier molecular flexibility index (Phi) is 5.95. The predicted molar refractivity (Wildman–Crippen MR) is 129 cm³/mol. The largest absolute Gasteiger partial charge is 0.494 e. The number of ether oxygens (including phenoxy) is 1. The fraction of sp³-hybridized carbons (Fsp3) is 0.346. The van der Waals surface area contributed by atoms with Gasteiger partial charge in [0.25, 0.3) is 0 Å². The lowest BCUT2D eigenvalue weighted by Gasteiger charge is -2.28. The van der Waals surface area contributed by atoms with E-state index in [0.717, 1.165) is 33.5 Å². The SMILES string of the molecule is CCOc1ccc2nc(Cl)c([C@@H]3CC(c4ccc(C)cc4)=NN3C(=O)C(C)(C)C)cc2c1. The van der Waals surface area contributed by atoms with Gasteiger partial charge in [-0.3, -0.25) is 4.79 Å². The third kappa shape index (κ3) is 4.35. The van der Waals surface area contributed by atoms with Gasteiger partial charge >= 0.3 is 0 Å². The van der Waals surface area contributed by atoms with Crippen molar-refractivity contribution in [2.24, 2.45) is 10.5 Å². The zero-order valence-electron chi connectivity index (χ0n) is 19.1. The van der Waals surface area contributed by atoms with E-state index in [9.17, 15) is 4.79 Å². The number of hydrogen-bond donors (Lipinski definition) is 0. The summed E-state index contributed by atoms with van der Waals surface area (Å²) in [6, 6.07) is 15.6. The van der Waals surface area contributed by atoms with Crippen LogP contribution in [0.3, 0.4) is 0 Å². The molecule has 0 unspecified atom stereocenters. The minimum atomic E-state index is -0.580. The molecule has 0 spiro atoms. The number of carbonyl (C=O) groups excluding carboxylic acids is 1. The Balaban J connectivity index is 1.79. The van der Waals surface area contributed by atoms with Crippen molar-refractivity contribution in [1.29, 1.82) is 0 Å². The number of fused-ring (bicyclic) bond motifs is 1. The van der Waals surface area contributed by atoms with E-state index in [4.69, 9.17) is 21.4 Å². The molecular formula is C26H28ClN3O2. The van der Waals surface area contributed by atoms with Gasteiger partial charge < -0.3 is 4.74 Å². The first-order chi connectivity index (χ1) is 15.2. The lowest BCUT2D eigenvalue weighted by atomic mass is 9.93. The van der Waals surface area contributed by atoms with Gasteiger partial charge in [-0.15, -0.1) is 0 Å². The van der Waals surface area contributed by atoms with Crippen molar-refractivity contribution in [3.63, 3.8) is 0 Å². The summed E-state index contributed by atoms with van der Waals surface area (Å²) >= 11 is 6.65. The summed E-state index contributed by atoms with van der Waals surface area (Å²) in [5.41, 5.74) is 4.05. The number of halogens is 1. The standard InChI is InChI=1S/C26H28ClN3O2/c1-6-32-19-11-12-21-18(13-19)14-20(24(27)28-21)23-15-22(17-9-7-16(2)8-10-17)29-30(23)25(31)26(3,4)5/h7-14,23H,6,15H2,1-5H3/t23-/m0/s1. The highest BCUT2D eigenvalue weighted by atomic mass is 35.5. The van der Waals surface area contributed by atoms with Crippen molar-refractivity contribution in [3.05, 3.63) is 70.4 Å². The molecule has 1 atom stereocenters. The van der Waals surface area contributed by atoms with Crippen LogP contribution >= 0.6 is 11.6 Å². The number of carbonyl (C=O) groups is 1.